The first-order chi connectivity index (χ1) is 19.8. The van der Waals surface area contributed by atoms with Gasteiger partial charge in [0.15, 0.2) is 10.8 Å². The Morgan fingerprint density at radius 2 is 2.12 bits per heavy atom. The number of aliphatic imine (C=N–C) groups is 1. The number of aliphatic carboxylic acids is 1. The van der Waals surface area contributed by atoms with E-state index in [1.165, 1.54) is 60.5 Å². The summed E-state index contributed by atoms with van der Waals surface area (Å²) in [5.41, 5.74) is -0.698. The number of carboxylic acid groups (broad SMARTS) is 1. The Morgan fingerprint density at radius 3 is 2.79 bits per heavy atom. The van der Waals surface area contributed by atoms with Crippen LogP contribution in [0.2, 0.25) is 5.02 Å². The summed E-state index contributed by atoms with van der Waals surface area (Å²) in [5.74, 6) is -5.46. The number of alkyl halides is 2. The summed E-state index contributed by atoms with van der Waals surface area (Å²) in [7, 11) is 1.18. The first-order valence-electron chi connectivity index (χ1n) is 13.1. The van der Waals surface area contributed by atoms with Crippen LogP contribution in [0.5, 0.6) is 0 Å². The number of ether oxygens (including phenoxy) is 1. The van der Waals surface area contributed by atoms with Gasteiger partial charge in [0.05, 0.1) is 42.3 Å². The lowest BCUT2D eigenvalue weighted by atomic mass is 9.89. The van der Waals surface area contributed by atoms with E-state index in [9.17, 15) is 19.1 Å². The molecule has 1 aromatic heterocycles. The van der Waals surface area contributed by atoms with Crippen molar-refractivity contribution in [3.63, 3.8) is 0 Å². The van der Waals surface area contributed by atoms with Crippen LogP contribution in [-0.4, -0.2) is 89.2 Å². The monoisotopic (exact) mass is 627 g/mol. The molecule has 0 amide bonds. The lowest BCUT2D eigenvalue weighted by Gasteiger charge is -2.30. The Bertz CT molecular complexity index is 1440. The largest absolute Gasteiger partial charge is 0.481 e. The number of halogens is 4. The van der Waals surface area contributed by atoms with Gasteiger partial charge in [0.25, 0.3) is 5.92 Å². The molecule has 0 spiro atoms. The van der Waals surface area contributed by atoms with E-state index in [-0.39, 0.29) is 53.8 Å². The molecule has 2 fully saturated rings. The molecule has 0 aliphatic carbocycles. The second-order valence-electron chi connectivity index (χ2n) is 10.9. The second-order valence-corrected chi connectivity index (χ2v) is 12.2. The fourth-order valence-electron chi connectivity index (χ4n) is 5.37. The summed E-state index contributed by atoms with van der Waals surface area (Å²) in [6.45, 7) is 2.22. The third-order valence-corrected chi connectivity index (χ3v) is 8.92. The number of aromatic nitrogens is 1. The zero-order valence-electron chi connectivity index (χ0n) is 22.9. The van der Waals surface area contributed by atoms with Crippen molar-refractivity contribution in [2.45, 2.75) is 44.3 Å². The molecular weight excluding hydrogens is 599 g/mol. The van der Waals surface area contributed by atoms with Crippen molar-refractivity contribution in [2.24, 2.45) is 10.4 Å². The van der Waals surface area contributed by atoms with Crippen molar-refractivity contribution >= 4 is 40.7 Å². The molecule has 0 radical (unpaired) electrons. The van der Waals surface area contributed by atoms with Gasteiger partial charge >= 0.3 is 11.9 Å². The fraction of sp³-hybridized carbons (Fsp3) is 0.481. The van der Waals surface area contributed by atoms with E-state index < -0.39 is 53.8 Å². The summed E-state index contributed by atoms with van der Waals surface area (Å²) in [6.07, 6.45) is 1.67. The van der Waals surface area contributed by atoms with Crippen molar-refractivity contribution in [3.8, 4) is 0 Å². The zero-order valence-corrected chi connectivity index (χ0v) is 24.5. The summed E-state index contributed by atoms with van der Waals surface area (Å²) in [5, 5.41) is 15.7. The minimum Gasteiger partial charge on any atom is -0.481 e. The highest BCUT2D eigenvalue weighted by atomic mass is 35.5. The van der Waals surface area contributed by atoms with Crippen molar-refractivity contribution in [1.82, 2.24) is 20.3 Å². The molecule has 10 nitrogen and oxygen atoms in total. The fourth-order valence-corrected chi connectivity index (χ4v) is 6.18. The van der Waals surface area contributed by atoms with Gasteiger partial charge in [0.2, 0.25) is 0 Å². The Labute approximate surface area is 248 Å². The van der Waals surface area contributed by atoms with E-state index in [0.29, 0.717) is 5.01 Å². The van der Waals surface area contributed by atoms with Crippen molar-refractivity contribution < 1.29 is 37.4 Å². The normalized spacial score (nSPS) is 24.4. The Morgan fingerprint density at radius 1 is 1.36 bits per heavy atom. The van der Waals surface area contributed by atoms with E-state index in [0.717, 1.165) is 0 Å². The maximum absolute atomic E-state index is 15.5. The number of rotatable bonds is 9. The van der Waals surface area contributed by atoms with E-state index in [2.05, 4.69) is 15.3 Å². The minimum absolute atomic E-state index is 0.000743. The van der Waals surface area contributed by atoms with Crippen LogP contribution in [-0.2, 0) is 19.2 Å². The third kappa shape index (κ3) is 5.65. The number of amidine groups is 1. The number of thiazole rings is 1. The number of carbonyl (C=O) groups is 2. The van der Waals surface area contributed by atoms with Gasteiger partial charge in [-0.1, -0.05) is 23.7 Å². The molecule has 42 heavy (non-hydrogen) atoms. The molecule has 2 saturated heterocycles. The zero-order chi connectivity index (χ0) is 30.4. The summed E-state index contributed by atoms with van der Waals surface area (Å²) in [6, 6.07) is 0.952. The number of hydrogen-bond acceptors (Lipinski definition) is 10. The number of likely N-dealkylation sites (tertiary alicyclic amines) is 1. The highest BCUT2D eigenvalue weighted by Gasteiger charge is 2.61. The predicted octanol–water partition coefficient (Wildman–Crippen LogP) is 3.89. The molecule has 1 unspecified atom stereocenters. The molecule has 2 N–H and O–H groups in total. The van der Waals surface area contributed by atoms with Crippen LogP contribution >= 0.6 is 22.9 Å². The van der Waals surface area contributed by atoms with Crippen LogP contribution in [0.25, 0.3) is 0 Å². The van der Waals surface area contributed by atoms with Gasteiger partial charge in [-0.3, -0.25) is 19.5 Å². The molecule has 3 atom stereocenters. The first kappa shape index (κ1) is 30.4. The van der Waals surface area contributed by atoms with Gasteiger partial charge in [-0.25, -0.2) is 22.9 Å². The summed E-state index contributed by atoms with van der Waals surface area (Å²) >= 11 is 7.58. The van der Waals surface area contributed by atoms with E-state index >= 15 is 8.78 Å². The lowest BCUT2D eigenvalue weighted by molar-refractivity contribution is -0.186. The number of carbonyl (C=O) groups excluding carboxylic acids is 1. The van der Waals surface area contributed by atoms with Gasteiger partial charge in [0, 0.05) is 35.9 Å². The number of carboxylic acids is 1. The number of nitrogens with one attached hydrogen (secondary N) is 1. The number of hydrogen-bond donors (Lipinski definition) is 2. The molecule has 2 aromatic rings. The number of esters is 1. The summed E-state index contributed by atoms with van der Waals surface area (Å²) < 4.78 is 50.6. The molecule has 15 heteroatoms. The minimum atomic E-state index is -3.20. The Balaban J connectivity index is 1.49. The average molecular weight is 628 g/mol. The third-order valence-electron chi connectivity index (χ3n) is 7.74. The van der Waals surface area contributed by atoms with Gasteiger partial charge in [0.1, 0.15) is 17.9 Å². The number of nitrogens with zero attached hydrogens (tertiary/aromatic N) is 4. The molecule has 3 aliphatic heterocycles. The van der Waals surface area contributed by atoms with Gasteiger partial charge < -0.3 is 15.2 Å². The van der Waals surface area contributed by atoms with Gasteiger partial charge in [-0.15, -0.1) is 11.3 Å². The van der Waals surface area contributed by atoms with E-state index in [4.69, 9.17) is 21.2 Å². The smallest absolute Gasteiger partial charge is 0.338 e. The first-order valence-corrected chi connectivity index (χ1v) is 14.3. The van der Waals surface area contributed by atoms with Gasteiger partial charge in [-0.05, 0) is 26.3 Å². The van der Waals surface area contributed by atoms with Crippen LogP contribution in [0.1, 0.15) is 36.9 Å². The Kier molecular flexibility index (Phi) is 8.38. The standard InChI is InChI=1S/C27H29ClF3N5O5S/c1-26(2,25(38)39)7-9-36-21-17(12-41-36)35(13-27(21,30)31)11-16-18(24(37)40-3)20(14-5-4-6-15(29)19(14)28)34-22(33-16)23-32-8-10-42-23/h4-6,8,10,17,20-21H,7,9,11-13H2,1-3H3,(H,33,34)(H,38,39)/t17-,20?,21+/m0/s1. The summed E-state index contributed by atoms with van der Waals surface area (Å²) in [4.78, 5) is 40.8. The van der Waals surface area contributed by atoms with Crippen molar-refractivity contribution in [2.75, 3.05) is 33.4 Å². The molecule has 3 aliphatic rings. The highest BCUT2D eigenvalue weighted by Crippen LogP contribution is 2.42. The average Bonchev–Trinajstić information content (AvgIpc) is 3.67. The maximum Gasteiger partial charge on any atom is 0.338 e. The van der Waals surface area contributed by atoms with Crippen LogP contribution < -0.4 is 5.32 Å². The van der Waals surface area contributed by atoms with Crippen molar-refractivity contribution in [3.05, 3.63) is 62.5 Å². The topological polar surface area (TPSA) is 117 Å². The maximum atomic E-state index is 15.5. The Hall–Kier alpha value is -3.04. The molecule has 226 valence electrons. The quantitative estimate of drug-likeness (QED) is 0.400. The SMILES string of the molecule is COC(=O)C1=C(CN2CC(F)(F)[C@H]3[C@@H]2CON3CCC(C)(C)C(=O)O)NC(c2nccs2)=NC1c1cccc(F)c1Cl. The molecule has 5 rings (SSSR count). The predicted molar refractivity (Wildman–Crippen MR) is 148 cm³/mol. The lowest BCUT2D eigenvalue weighted by Crippen LogP contribution is -2.46. The van der Waals surface area contributed by atoms with Crippen molar-refractivity contribution in [1.29, 1.82) is 0 Å². The van der Waals surface area contributed by atoms with Gasteiger partial charge in [-0.2, -0.15) is 5.06 Å². The van der Waals surface area contributed by atoms with Crippen LogP contribution in [0, 0.1) is 11.2 Å². The second kappa shape index (κ2) is 11.6. The number of fused-ring (bicyclic) bond motifs is 1. The van der Waals surface area contributed by atoms with Crippen LogP contribution in [0.4, 0.5) is 13.2 Å². The molecule has 1 aromatic carbocycles. The van der Waals surface area contributed by atoms with Crippen LogP contribution in [0.15, 0.2) is 46.0 Å². The molecule has 0 bridgehead atoms. The van der Waals surface area contributed by atoms with E-state index in [1.54, 1.807) is 11.6 Å². The number of benzene rings is 1. The molecule has 0 saturated carbocycles. The van der Waals surface area contributed by atoms with E-state index in [1.807, 2.05) is 0 Å². The highest BCUT2D eigenvalue weighted by molar-refractivity contribution is 7.11. The number of methoxy groups -OCH3 is 1. The number of hydroxylamine groups is 2. The molecular formula is C27H29ClF3N5O5S. The molecule has 4 heterocycles. The van der Waals surface area contributed by atoms with Crippen LogP contribution in [0.3, 0.4) is 0 Å².